The van der Waals surface area contributed by atoms with Gasteiger partial charge in [-0.25, -0.2) is 0 Å². The first-order chi connectivity index (χ1) is 39.3. The number of H-pyrrole nitrogens is 1. The van der Waals surface area contributed by atoms with E-state index in [0.717, 1.165) is 10.9 Å². The molecule has 0 saturated carbocycles. The van der Waals surface area contributed by atoms with E-state index < -0.39 is 102 Å². The van der Waals surface area contributed by atoms with E-state index in [4.69, 9.17) is 17.2 Å². The minimum absolute atomic E-state index is 0.0437. The molecule has 1 unspecified atom stereocenters. The summed E-state index contributed by atoms with van der Waals surface area (Å²) in [5.74, 6) is -7.26. The highest BCUT2D eigenvalue weighted by atomic mass is 16.3. The average molecular weight is 1140 g/mol. The molecule has 2 aromatic heterocycles. The van der Waals surface area contributed by atoms with Gasteiger partial charge in [0.15, 0.2) is 5.96 Å². The number of hydrogen-bond acceptors (Lipinski definition) is 13. The largest absolute Gasteiger partial charge is 0.383 e. The second-order valence-electron chi connectivity index (χ2n) is 21.0. The Bertz CT molecular complexity index is 2790. The summed E-state index contributed by atoms with van der Waals surface area (Å²) in [6, 6.07) is 10.1. The Hall–Kier alpha value is -8.25. The summed E-state index contributed by atoms with van der Waals surface area (Å²) in [5.41, 5.74) is 19.6. The normalized spacial score (nSPS) is 21.4. The fourth-order valence-corrected chi connectivity index (χ4v) is 9.33. The highest BCUT2D eigenvalue weighted by Gasteiger charge is 2.35. The zero-order valence-corrected chi connectivity index (χ0v) is 47.0. The number of pyridine rings is 1. The maximum Gasteiger partial charge on any atom is 0.249 e. The molecule has 24 heteroatoms. The van der Waals surface area contributed by atoms with Crippen LogP contribution in [0.1, 0.15) is 108 Å². The van der Waals surface area contributed by atoms with Crippen LogP contribution in [0.15, 0.2) is 90.3 Å². The van der Waals surface area contributed by atoms with E-state index in [1.165, 1.54) is 12.4 Å². The first-order valence-corrected chi connectivity index (χ1v) is 28.2. The Morgan fingerprint density at radius 1 is 0.707 bits per heavy atom. The lowest BCUT2D eigenvalue weighted by molar-refractivity contribution is -0.137. The number of aliphatic hydroxyl groups excluding tert-OH is 1. The quantitative estimate of drug-likeness (QED) is 0.0340. The molecule has 8 amide bonds. The molecule has 16 N–H and O–H groups in total. The highest BCUT2D eigenvalue weighted by molar-refractivity contribution is 5.98. The van der Waals surface area contributed by atoms with E-state index in [1.54, 1.807) is 62.5 Å². The zero-order valence-electron chi connectivity index (χ0n) is 47.0. The van der Waals surface area contributed by atoms with Crippen LogP contribution in [0, 0.1) is 5.92 Å². The van der Waals surface area contributed by atoms with Crippen molar-refractivity contribution in [2.45, 2.75) is 159 Å². The Labute approximate surface area is 477 Å². The lowest BCUT2D eigenvalue weighted by Crippen LogP contribution is -2.61. The lowest BCUT2D eigenvalue weighted by Gasteiger charge is -2.28. The molecule has 0 aliphatic carbocycles. The molecule has 0 radical (unpaired) electrons. The van der Waals surface area contributed by atoms with Gasteiger partial charge in [-0.3, -0.25) is 53.1 Å². The fourth-order valence-electron chi connectivity index (χ4n) is 9.33. The standard InChI is InChI=1S/C58H82N14O10/c1-4-5-19-43(69-57(82)49(74)35(2)3)51(76)68-45-24-23-39(73)25-29-62-26-12-11-21-42(50(59)75)66-56(81)48(32-38-34-65-41-20-10-9-18-40(38)41)72-52(77)44(22-14-28-64-58(60)61)67-54(79)46(30-36-15-7-6-8-16-36)71-55(80)47(70-53(45)78)31-37-17-13-27-63-33-37/h6-10,13,15-18,20,27,33-35,42-49,62,65,74H,4-5,11-12,14,19,21-26,28-32H2,1-3H3,(H2,59,75)(H,66,81)(H,67,79)(H,68,76)(H,69,82)(H,70,78)(H,71,80)(H,72,77)(H4,60,61,64)/t42-,43-,44-,45-,46+,47-,48-,49?/m0/s1. The van der Waals surface area contributed by atoms with Crippen LogP contribution in [0.3, 0.4) is 0 Å². The van der Waals surface area contributed by atoms with Gasteiger partial charge in [-0.1, -0.05) is 88.2 Å². The van der Waals surface area contributed by atoms with Crippen LogP contribution in [0.4, 0.5) is 0 Å². The topological polar surface area (TPSA) is 389 Å². The molecular weight excluding hydrogens is 1050 g/mol. The van der Waals surface area contributed by atoms with Gasteiger partial charge in [-0.2, -0.15) is 0 Å². The molecule has 0 spiro atoms. The lowest BCUT2D eigenvalue weighted by atomic mass is 10.0. The van der Waals surface area contributed by atoms with Gasteiger partial charge in [0.25, 0.3) is 0 Å². The van der Waals surface area contributed by atoms with E-state index >= 15 is 0 Å². The summed E-state index contributed by atoms with van der Waals surface area (Å²) < 4.78 is 0. The maximum atomic E-state index is 14.9. The molecule has 82 heavy (non-hydrogen) atoms. The van der Waals surface area contributed by atoms with Crippen molar-refractivity contribution in [3.63, 3.8) is 0 Å². The van der Waals surface area contributed by atoms with Crippen LogP contribution in [0.2, 0.25) is 0 Å². The number of nitrogens with two attached hydrogens (primary N) is 3. The molecule has 5 rings (SSSR count). The zero-order chi connectivity index (χ0) is 59.6. The third kappa shape index (κ3) is 21.3. The third-order valence-corrected chi connectivity index (χ3v) is 14.1. The molecule has 24 nitrogen and oxygen atoms in total. The molecule has 2 aromatic carbocycles. The van der Waals surface area contributed by atoms with Crippen molar-refractivity contribution in [3.05, 3.63) is 102 Å². The highest BCUT2D eigenvalue weighted by Crippen LogP contribution is 2.20. The van der Waals surface area contributed by atoms with Crippen molar-refractivity contribution in [2.75, 3.05) is 19.6 Å². The van der Waals surface area contributed by atoms with Crippen molar-refractivity contribution >= 4 is 69.9 Å². The van der Waals surface area contributed by atoms with Crippen LogP contribution in [-0.4, -0.2) is 142 Å². The first kappa shape index (κ1) is 64.6. The smallest absolute Gasteiger partial charge is 0.249 e. The maximum absolute atomic E-state index is 14.9. The number of carbonyl (C=O) groups is 9. The van der Waals surface area contributed by atoms with Gasteiger partial charge in [0.2, 0.25) is 47.3 Å². The van der Waals surface area contributed by atoms with E-state index in [1.807, 2.05) is 31.2 Å². The van der Waals surface area contributed by atoms with Gasteiger partial charge in [0.05, 0.1) is 0 Å². The average Bonchev–Trinajstić information content (AvgIpc) is 4.11. The van der Waals surface area contributed by atoms with Gasteiger partial charge in [0.1, 0.15) is 54.2 Å². The van der Waals surface area contributed by atoms with Crippen LogP contribution < -0.4 is 59.7 Å². The first-order valence-electron chi connectivity index (χ1n) is 28.2. The molecule has 1 aliphatic heterocycles. The van der Waals surface area contributed by atoms with Gasteiger partial charge in [-0.05, 0) is 86.2 Å². The second-order valence-corrected chi connectivity index (χ2v) is 21.0. The van der Waals surface area contributed by atoms with Crippen molar-refractivity contribution in [1.29, 1.82) is 0 Å². The van der Waals surface area contributed by atoms with Gasteiger partial charge >= 0.3 is 0 Å². The molecule has 1 aliphatic rings. The Morgan fingerprint density at radius 2 is 1.34 bits per heavy atom. The molecule has 1 fully saturated rings. The van der Waals surface area contributed by atoms with Crippen LogP contribution in [0.5, 0.6) is 0 Å². The summed E-state index contributed by atoms with van der Waals surface area (Å²) >= 11 is 0. The number of carbonyl (C=O) groups excluding carboxylic acids is 9. The number of aromatic nitrogens is 2. The van der Waals surface area contributed by atoms with Crippen molar-refractivity contribution in [3.8, 4) is 0 Å². The number of Topliss-reactive ketones (excluding diaryl/α,β-unsaturated/α-hetero) is 1. The summed E-state index contributed by atoms with van der Waals surface area (Å²) in [6.07, 6.45) is 5.14. The number of fused-ring (bicyclic) bond motifs is 1. The molecule has 0 bridgehead atoms. The monoisotopic (exact) mass is 1130 g/mol. The van der Waals surface area contributed by atoms with Crippen LogP contribution in [0.25, 0.3) is 10.9 Å². The number of nitrogens with zero attached hydrogens (tertiary/aromatic N) is 2. The minimum Gasteiger partial charge on any atom is -0.383 e. The van der Waals surface area contributed by atoms with Gasteiger partial charge in [0, 0.05) is 74.7 Å². The van der Waals surface area contributed by atoms with E-state index in [0.29, 0.717) is 48.9 Å². The summed E-state index contributed by atoms with van der Waals surface area (Å²) in [4.78, 5) is 139. The summed E-state index contributed by atoms with van der Waals surface area (Å²) in [6.45, 7) is 5.92. The van der Waals surface area contributed by atoms with Gasteiger partial charge < -0.3 is 69.8 Å². The van der Waals surface area contributed by atoms with Crippen molar-refractivity contribution < 1.29 is 48.3 Å². The van der Waals surface area contributed by atoms with Gasteiger partial charge in [-0.15, -0.1) is 0 Å². The molecule has 4 aromatic rings. The third-order valence-electron chi connectivity index (χ3n) is 14.1. The number of benzene rings is 2. The predicted octanol–water partition coefficient (Wildman–Crippen LogP) is 0.243. The number of rotatable bonds is 19. The Balaban J connectivity index is 1.55. The summed E-state index contributed by atoms with van der Waals surface area (Å²) in [5, 5.41) is 33.8. The molecule has 1 saturated heterocycles. The number of nitrogens with one attached hydrogen (secondary N) is 9. The van der Waals surface area contributed by atoms with Crippen molar-refractivity contribution in [2.24, 2.45) is 28.1 Å². The Morgan fingerprint density at radius 3 is 2.01 bits per heavy atom. The molecule has 8 atom stereocenters. The number of ketones is 1. The molecule has 3 heterocycles. The Kier molecular flexibility index (Phi) is 26.4. The van der Waals surface area contributed by atoms with Crippen molar-refractivity contribution in [1.82, 2.24) is 52.5 Å². The number of para-hydroxylation sites is 1. The van der Waals surface area contributed by atoms with E-state index in [2.05, 4.69) is 57.5 Å². The number of aromatic amines is 1. The van der Waals surface area contributed by atoms with Crippen LogP contribution in [-0.2, 0) is 62.4 Å². The molecular formula is C58H82N14O10. The summed E-state index contributed by atoms with van der Waals surface area (Å²) in [7, 11) is 0. The number of amides is 8. The number of primary amides is 1. The SMILES string of the molecule is CCCC[C@H](NC(=O)C(O)C(C)C)C(=O)N[C@H]1CCC(=O)CCNCCCC[C@@H](C(N)=O)NC(=O)[C@H](Cc2c[nH]c3ccccc23)NC(=O)[C@H](CCCN=C(N)N)NC(=O)[C@@H](Cc2ccccc2)NC(=O)[C@H](Cc2cccnc2)NC1=O. The van der Waals surface area contributed by atoms with E-state index in [-0.39, 0.29) is 89.0 Å². The number of hydrogen-bond donors (Lipinski definition) is 13. The fraction of sp³-hybridized carbons (Fsp3) is 0.500. The molecule has 444 valence electrons. The number of aliphatic hydroxyl groups is 1. The van der Waals surface area contributed by atoms with Crippen LogP contribution >= 0.6 is 0 Å². The number of unbranched alkanes of at least 4 members (excludes halogenated alkanes) is 1. The number of aliphatic imine (C=N–C) groups is 1. The predicted molar refractivity (Wildman–Crippen MR) is 309 cm³/mol. The minimum atomic E-state index is -1.44. The second kappa shape index (κ2) is 33.5. The van der Waals surface area contributed by atoms with E-state index in [9.17, 15) is 48.3 Å². The number of guanidine groups is 1.